The van der Waals surface area contributed by atoms with Crippen molar-refractivity contribution in [2.24, 2.45) is 0 Å². The van der Waals surface area contributed by atoms with E-state index in [-0.39, 0.29) is 22.0 Å². The number of anilines is 1. The van der Waals surface area contributed by atoms with Crippen LogP contribution in [-0.2, 0) is 9.84 Å². The van der Waals surface area contributed by atoms with E-state index in [9.17, 15) is 18.5 Å². The Bertz CT molecular complexity index is 1190. The van der Waals surface area contributed by atoms with Gasteiger partial charge in [-0.15, -0.1) is 0 Å². The molecule has 0 amide bonds. The number of rotatable bonds is 7. The van der Waals surface area contributed by atoms with E-state index in [0.29, 0.717) is 48.5 Å². The Morgan fingerprint density at radius 1 is 1.06 bits per heavy atom. The third-order valence-electron chi connectivity index (χ3n) is 6.17. The van der Waals surface area contributed by atoms with Crippen LogP contribution in [0.2, 0.25) is 5.02 Å². The van der Waals surface area contributed by atoms with Gasteiger partial charge in [0.05, 0.1) is 15.6 Å². The van der Waals surface area contributed by atoms with E-state index in [2.05, 4.69) is 9.97 Å². The number of hydrogen-bond donors (Lipinski definition) is 0. The Morgan fingerprint density at radius 3 is 2.29 bits per heavy atom. The number of nitro groups is 1. The predicted octanol–water partition coefficient (Wildman–Crippen LogP) is 4.25. The molecule has 2 fully saturated rings. The first-order valence-corrected chi connectivity index (χ1v) is 13.5. The van der Waals surface area contributed by atoms with E-state index in [4.69, 9.17) is 11.6 Å². The van der Waals surface area contributed by atoms with Crippen molar-refractivity contribution in [2.75, 3.05) is 36.8 Å². The van der Waals surface area contributed by atoms with Crippen molar-refractivity contribution in [3.63, 3.8) is 0 Å². The zero-order valence-corrected chi connectivity index (χ0v) is 20.7. The van der Waals surface area contributed by atoms with E-state index in [0.717, 1.165) is 32.1 Å². The quantitative estimate of drug-likeness (QED) is 0.405. The van der Waals surface area contributed by atoms with Crippen molar-refractivity contribution in [3.05, 3.63) is 56.6 Å². The lowest BCUT2D eigenvalue weighted by Crippen LogP contribution is -2.31. The number of benzene rings is 1. The molecule has 11 heteroatoms. The smallest absolute Gasteiger partial charge is 0.337 e. The summed E-state index contributed by atoms with van der Waals surface area (Å²) >= 11 is 5.92. The number of aryl methyl sites for hydroxylation is 1. The lowest BCUT2D eigenvalue weighted by Gasteiger charge is -2.27. The number of nitrogens with zero attached hydrogens (tertiary/aromatic N) is 5. The topological polar surface area (TPSA) is 110 Å². The first-order valence-electron chi connectivity index (χ1n) is 11.5. The Balaban J connectivity index is 1.79. The average molecular weight is 506 g/mol. The molecule has 2 aliphatic heterocycles. The van der Waals surface area contributed by atoms with Crippen LogP contribution in [-0.4, -0.2) is 60.1 Å². The van der Waals surface area contributed by atoms with Crippen LogP contribution in [0, 0.1) is 17.0 Å². The molecule has 9 nitrogen and oxygen atoms in total. The van der Waals surface area contributed by atoms with Crippen LogP contribution in [0.4, 0.5) is 11.5 Å². The van der Waals surface area contributed by atoms with Crippen molar-refractivity contribution < 1.29 is 13.3 Å². The normalized spacial score (nSPS) is 17.3. The molecule has 0 saturated carbocycles. The van der Waals surface area contributed by atoms with Gasteiger partial charge in [0.1, 0.15) is 11.5 Å². The maximum Gasteiger partial charge on any atom is 0.337 e. The summed E-state index contributed by atoms with van der Waals surface area (Å²) in [6.45, 7) is 4.49. The van der Waals surface area contributed by atoms with Gasteiger partial charge < -0.3 is 9.80 Å². The molecule has 2 saturated heterocycles. The molecule has 0 atom stereocenters. The number of aromatic nitrogens is 2. The van der Waals surface area contributed by atoms with Crippen LogP contribution < -0.4 is 4.90 Å². The van der Waals surface area contributed by atoms with Gasteiger partial charge in [-0.25, -0.2) is 18.4 Å². The van der Waals surface area contributed by atoms with E-state index >= 15 is 0 Å². The highest BCUT2D eigenvalue weighted by Crippen LogP contribution is 2.33. The minimum atomic E-state index is -3.70. The number of likely N-dealkylation sites (tertiary alicyclic amines) is 1. The third-order valence-corrected chi connectivity index (χ3v) is 8.09. The fourth-order valence-corrected chi connectivity index (χ4v) is 5.98. The van der Waals surface area contributed by atoms with Crippen molar-refractivity contribution >= 4 is 39.0 Å². The molecule has 182 valence electrons. The van der Waals surface area contributed by atoms with Gasteiger partial charge in [-0.2, -0.15) is 0 Å². The average Bonchev–Trinajstić information content (AvgIpc) is 3.34. The molecule has 0 radical (unpaired) electrons. The predicted molar refractivity (Wildman–Crippen MR) is 132 cm³/mol. The highest BCUT2D eigenvalue weighted by Gasteiger charge is 2.30. The van der Waals surface area contributed by atoms with Crippen LogP contribution in [0.3, 0.4) is 0 Å². The summed E-state index contributed by atoms with van der Waals surface area (Å²) in [5.74, 6) is 0.442. The van der Waals surface area contributed by atoms with Gasteiger partial charge in [-0.05, 0) is 69.4 Å². The molecule has 3 heterocycles. The van der Waals surface area contributed by atoms with Crippen LogP contribution in [0.5, 0.6) is 0 Å². The second kappa shape index (κ2) is 10.3. The summed E-state index contributed by atoms with van der Waals surface area (Å²) < 4.78 is 26.4. The summed E-state index contributed by atoms with van der Waals surface area (Å²) in [5.41, 5.74) is 0.470. The Morgan fingerprint density at radius 2 is 1.68 bits per heavy atom. The van der Waals surface area contributed by atoms with Gasteiger partial charge in [0.2, 0.25) is 5.82 Å². The summed E-state index contributed by atoms with van der Waals surface area (Å²) in [7, 11) is -3.70. The van der Waals surface area contributed by atoms with Gasteiger partial charge in [-0.1, -0.05) is 11.6 Å². The molecule has 0 unspecified atom stereocenters. The first kappa shape index (κ1) is 24.4. The lowest BCUT2D eigenvalue weighted by atomic mass is 10.1. The van der Waals surface area contributed by atoms with Crippen LogP contribution >= 0.6 is 11.6 Å². The van der Waals surface area contributed by atoms with Gasteiger partial charge in [0.15, 0.2) is 9.84 Å². The lowest BCUT2D eigenvalue weighted by molar-refractivity contribution is -0.384. The first-order chi connectivity index (χ1) is 16.2. The zero-order valence-electron chi connectivity index (χ0n) is 19.1. The minimum Gasteiger partial charge on any atom is -0.374 e. The molecular formula is C23H28ClN5O4S. The molecule has 0 aliphatic carbocycles. The molecule has 2 aliphatic rings. The van der Waals surface area contributed by atoms with Gasteiger partial charge in [0.25, 0.3) is 0 Å². The Hall–Kier alpha value is -2.72. The highest BCUT2D eigenvalue weighted by molar-refractivity contribution is 7.91. The molecule has 0 N–H and O–H groups in total. The summed E-state index contributed by atoms with van der Waals surface area (Å²) in [5, 5.41) is 12.6. The SMILES string of the molecule is Cc1nc(/C=C(/CS(=O)(=O)c2ccc(Cl)cc2)N2CCCC2)c([N+](=O)[O-])c(N2CCCCC2)n1. The van der Waals surface area contributed by atoms with Gasteiger partial charge in [-0.3, -0.25) is 10.1 Å². The van der Waals surface area contributed by atoms with Gasteiger partial charge in [0, 0.05) is 36.9 Å². The molecule has 34 heavy (non-hydrogen) atoms. The van der Waals surface area contributed by atoms with Crippen molar-refractivity contribution in [1.82, 2.24) is 14.9 Å². The van der Waals surface area contributed by atoms with Gasteiger partial charge >= 0.3 is 5.69 Å². The molecule has 4 rings (SSSR count). The molecule has 0 spiro atoms. The monoisotopic (exact) mass is 505 g/mol. The van der Waals surface area contributed by atoms with Crippen molar-refractivity contribution in [1.29, 1.82) is 0 Å². The summed E-state index contributed by atoms with van der Waals surface area (Å²) in [6, 6.07) is 6.03. The minimum absolute atomic E-state index is 0.145. The highest BCUT2D eigenvalue weighted by atomic mass is 35.5. The number of piperidine rings is 1. The number of halogens is 1. The zero-order chi connectivity index (χ0) is 24.3. The fourth-order valence-electron chi connectivity index (χ4n) is 4.48. The number of sulfone groups is 1. The molecule has 2 aromatic rings. The largest absolute Gasteiger partial charge is 0.374 e. The van der Waals surface area contributed by atoms with Crippen molar-refractivity contribution in [2.45, 2.75) is 43.9 Å². The van der Waals surface area contributed by atoms with Crippen molar-refractivity contribution in [3.8, 4) is 0 Å². The van der Waals surface area contributed by atoms with Crippen LogP contribution in [0.1, 0.15) is 43.6 Å². The second-order valence-corrected chi connectivity index (χ2v) is 11.1. The van der Waals surface area contributed by atoms with Crippen LogP contribution in [0.15, 0.2) is 34.9 Å². The fraction of sp³-hybridized carbons (Fsp3) is 0.478. The van der Waals surface area contributed by atoms with E-state index < -0.39 is 14.8 Å². The summed E-state index contributed by atoms with van der Waals surface area (Å²) in [4.78, 5) is 24.6. The summed E-state index contributed by atoms with van der Waals surface area (Å²) in [6.07, 6.45) is 6.42. The second-order valence-electron chi connectivity index (χ2n) is 8.68. The standard InChI is InChI=1S/C23H28ClN5O4S/c1-17-25-21(22(29(30)31)23(26-17)28-13-3-2-4-14-28)15-19(27-11-5-6-12-27)16-34(32,33)20-9-7-18(24)8-10-20/h7-10,15H,2-6,11-14,16H2,1H3/b19-15-. The molecular weight excluding hydrogens is 478 g/mol. The Kier molecular flexibility index (Phi) is 7.37. The van der Waals surface area contributed by atoms with Crippen LogP contribution in [0.25, 0.3) is 6.08 Å². The maximum atomic E-state index is 13.2. The third kappa shape index (κ3) is 5.50. The maximum absolute atomic E-state index is 13.2. The van der Waals surface area contributed by atoms with E-state index in [1.165, 1.54) is 24.3 Å². The molecule has 1 aromatic heterocycles. The van der Waals surface area contributed by atoms with E-state index in [1.807, 2.05) is 9.80 Å². The number of hydrogen-bond acceptors (Lipinski definition) is 8. The molecule has 1 aromatic carbocycles. The van der Waals surface area contributed by atoms with E-state index in [1.54, 1.807) is 13.0 Å². The Labute approximate surface area is 204 Å². The molecule has 0 bridgehead atoms.